The van der Waals surface area contributed by atoms with E-state index in [-0.39, 0.29) is 29.4 Å². The summed E-state index contributed by atoms with van der Waals surface area (Å²) in [5, 5.41) is 10.3. The maximum absolute atomic E-state index is 11.9. The number of ether oxygens (including phenoxy) is 1. The molecular weight excluding hydrogens is 485 g/mol. The fourth-order valence-electron chi connectivity index (χ4n) is 2.73. The van der Waals surface area contributed by atoms with Gasteiger partial charge in [0.2, 0.25) is 5.95 Å². The molecule has 9 N–H and O–H groups in total. The zero-order valence-electron chi connectivity index (χ0n) is 15.1. The molecule has 2 aromatic rings. The number of phosphoric acid groups is 2. The van der Waals surface area contributed by atoms with Crippen LogP contribution in [0.3, 0.4) is 0 Å². The molecule has 172 valence electrons. The monoisotopic (exact) mass is 502 g/mol. The van der Waals surface area contributed by atoms with Gasteiger partial charge < -0.3 is 40.9 Å². The number of imidazole rings is 1. The number of aliphatic hydroxyl groups is 1. The smallest absolute Gasteiger partial charge is 0.388 e. The molecule has 2 aromatic heterocycles. The van der Waals surface area contributed by atoms with Crippen molar-refractivity contribution in [2.24, 2.45) is 0 Å². The van der Waals surface area contributed by atoms with Gasteiger partial charge in [-0.05, 0) is 6.08 Å². The van der Waals surface area contributed by atoms with E-state index < -0.39 is 41.7 Å². The van der Waals surface area contributed by atoms with Crippen LogP contribution in [0.15, 0.2) is 18.2 Å². The molecule has 0 amide bonds. The van der Waals surface area contributed by atoms with Gasteiger partial charge in [-0.1, -0.05) is 0 Å². The minimum atomic E-state index is -5.57. The molecule has 0 radical (unpaired) electrons. The first-order valence-corrected chi connectivity index (χ1v) is 12.7. The van der Waals surface area contributed by atoms with E-state index in [1.165, 1.54) is 10.9 Å². The van der Waals surface area contributed by atoms with E-state index in [9.17, 15) is 28.6 Å². The van der Waals surface area contributed by atoms with Crippen molar-refractivity contribution in [1.82, 2.24) is 19.5 Å². The Bertz CT molecular complexity index is 1160. The predicted molar refractivity (Wildman–Crippen MR) is 102 cm³/mol. The molecular formula is C11H17N6O11P3. The molecule has 1 saturated heterocycles. The van der Waals surface area contributed by atoms with E-state index in [4.69, 9.17) is 26.0 Å². The maximum atomic E-state index is 11.9. The third-order valence-corrected chi connectivity index (χ3v) is 7.76. The van der Waals surface area contributed by atoms with Gasteiger partial charge in [0.25, 0.3) is 0 Å². The maximum Gasteiger partial charge on any atom is 0.488 e. The molecule has 1 fully saturated rings. The van der Waals surface area contributed by atoms with Crippen molar-refractivity contribution >= 4 is 46.2 Å². The Labute approximate surface area is 172 Å². The Morgan fingerprint density at radius 3 is 2.48 bits per heavy atom. The average Bonchev–Trinajstić information content (AvgIpc) is 3.12. The summed E-state index contributed by atoms with van der Waals surface area (Å²) in [6, 6.07) is 0. The molecule has 3 rings (SSSR count). The van der Waals surface area contributed by atoms with Gasteiger partial charge in [-0.2, -0.15) is 14.3 Å². The van der Waals surface area contributed by atoms with E-state index in [1.807, 2.05) is 0 Å². The number of nitrogen functional groups attached to an aromatic ring is 2. The van der Waals surface area contributed by atoms with Gasteiger partial charge in [-0.3, -0.25) is 9.13 Å². The van der Waals surface area contributed by atoms with Crippen LogP contribution in [-0.2, 0) is 27.1 Å². The third kappa shape index (κ3) is 5.94. The average molecular weight is 502 g/mol. The molecule has 17 nitrogen and oxygen atoms in total. The van der Waals surface area contributed by atoms with E-state index in [0.29, 0.717) is 5.82 Å². The molecule has 20 heteroatoms. The van der Waals surface area contributed by atoms with Crippen molar-refractivity contribution < 1.29 is 51.7 Å². The Morgan fingerprint density at radius 2 is 1.84 bits per heavy atom. The summed E-state index contributed by atoms with van der Waals surface area (Å²) in [7, 11) is -16.0. The second-order valence-electron chi connectivity index (χ2n) is 6.19. The number of hydrogen-bond donors (Lipinski definition) is 7. The van der Waals surface area contributed by atoms with Gasteiger partial charge in [-0.25, -0.2) is 18.4 Å². The van der Waals surface area contributed by atoms with Crippen LogP contribution < -0.4 is 11.5 Å². The minimum Gasteiger partial charge on any atom is -0.388 e. The summed E-state index contributed by atoms with van der Waals surface area (Å²) in [6.07, 6.45) is -1.000. The highest BCUT2D eigenvalue weighted by molar-refractivity contribution is 7.69. The first-order chi connectivity index (χ1) is 14.2. The van der Waals surface area contributed by atoms with Gasteiger partial charge in [0.15, 0.2) is 17.7 Å². The second-order valence-corrected chi connectivity index (χ2v) is 10.8. The molecule has 31 heavy (non-hydrogen) atoms. The molecule has 0 aliphatic carbocycles. The van der Waals surface area contributed by atoms with Gasteiger partial charge in [0.1, 0.15) is 11.6 Å². The Kier molecular flexibility index (Phi) is 6.41. The number of nitrogens with two attached hydrogens (primary N) is 2. The first kappa shape index (κ1) is 23.9. The Hall–Kier alpha value is -1.74. The summed E-state index contributed by atoms with van der Waals surface area (Å²) >= 11 is 0. The summed E-state index contributed by atoms with van der Waals surface area (Å²) in [5.74, 6) is 0.317. The van der Waals surface area contributed by atoms with E-state index >= 15 is 0 Å². The quantitative estimate of drug-likeness (QED) is 0.236. The van der Waals surface area contributed by atoms with Gasteiger partial charge in [0, 0.05) is 12.2 Å². The van der Waals surface area contributed by atoms with Crippen molar-refractivity contribution in [3.05, 3.63) is 18.2 Å². The number of rotatable bonds is 7. The first-order valence-electron chi connectivity index (χ1n) is 8.08. The number of hydrogen-bond acceptors (Lipinski definition) is 12. The molecule has 3 heterocycles. The highest BCUT2D eigenvalue weighted by Gasteiger charge is 2.39. The van der Waals surface area contributed by atoms with Crippen molar-refractivity contribution in [3.8, 4) is 0 Å². The predicted octanol–water partition coefficient (Wildman–Crippen LogP) is -0.436. The van der Waals surface area contributed by atoms with E-state index in [1.54, 1.807) is 0 Å². The summed E-state index contributed by atoms with van der Waals surface area (Å²) in [6.45, 7) is 0. The van der Waals surface area contributed by atoms with Crippen LogP contribution >= 0.6 is 23.2 Å². The Balaban J connectivity index is 1.74. The summed E-state index contributed by atoms with van der Waals surface area (Å²) in [4.78, 5) is 47.6. The highest BCUT2D eigenvalue weighted by atomic mass is 31.3. The highest BCUT2D eigenvalue weighted by Crippen LogP contribution is 2.66. The number of aromatic nitrogens is 4. The Morgan fingerprint density at radius 1 is 1.16 bits per heavy atom. The number of fused-ring (bicyclic) bond motifs is 1. The van der Waals surface area contributed by atoms with Crippen LogP contribution in [0.1, 0.15) is 12.6 Å². The van der Waals surface area contributed by atoms with Crippen LogP contribution in [0.4, 0.5) is 11.8 Å². The van der Waals surface area contributed by atoms with Crippen molar-refractivity contribution in [3.63, 3.8) is 0 Å². The zero-order chi connectivity index (χ0) is 23.2. The molecule has 5 atom stereocenters. The van der Waals surface area contributed by atoms with E-state index in [2.05, 4.69) is 23.6 Å². The van der Waals surface area contributed by atoms with Crippen molar-refractivity contribution in [1.29, 1.82) is 0 Å². The molecule has 1 aliphatic heterocycles. The number of aliphatic hydroxyl groups excluding tert-OH is 1. The number of nitrogens with zero attached hydrogens (tertiary/aromatic N) is 4. The molecule has 0 saturated carbocycles. The normalized spacial score (nSPS) is 26.3. The lowest BCUT2D eigenvalue weighted by atomic mass is 10.2. The van der Waals surface area contributed by atoms with Crippen LogP contribution in [0.25, 0.3) is 11.2 Å². The topological polar surface area (TPSA) is 276 Å². The standard InChI is InChI=1S/C11H17N6O11P3/c12-8-7-9(16-11(13)15-8)17(4-14-7)10-6(18)3-5(26-10)1-2-29(19,20)27-31(24,25)28-30(21,22)23/h1-2,4-6,10,18H,3H2,(H,19,20)(H,24,25)(H2,21,22,23)(H4,12,13,15,16)/b2-1+/t5-,6-,10-/m1/s1. The zero-order valence-corrected chi connectivity index (χ0v) is 17.8. The van der Waals surface area contributed by atoms with Crippen LogP contribution in [-0.4, -0.2) is 56.4 Å². The largest absolute Gasteiger partial charge is 0.488 e. The van der Waals surface area contributed by atoms with Gasteiger partial charge in [-0.15, -0.1) is 0 Å². The minimum absolute atomic E-state index is 0.00880. The lowest BCUT2D eigenvalue weighted by Gasteiger charge is -2.16. The fourth-order valence-corrected chi connectivity index (χ4v) is 6.00. The van der Waals surface area contributed by atoms with Gasteiger partial charge >= 0.3 is 23.2 Å². The SMILES string of the molecule is Nc1nc(N)c2ncn([C@@H]3O[C@H](/C=C/P(=O)(O)OP(=O)(O)OP(=O)(O)O)C[C@H]3O)c2n1. The third-order valence-electron chi connectivity index (χ3n) is 3.78. The van der Waals surface area contributed by atoms with Crippen LogP contribution in [0.5, 0.6) is 0 Å². The fraction of sp³-hybridized carbons (Fsp3) is 0.364. The van der Waals surface area contributed by atoms with Crippen LogP contribution in [0.2, 0.25) is 0 Å². The molecule has 1 aliphatic rings. The second kappa shape index (κ2) is 8.31. The molecule has 0 aromatic carbocycles. The van der Waals surface area contributed by atoms with E-state index in [0.717, 1.165) is 6.08 Å². The number of anilines is 2. The lowest BCUT2D eigenvalue weighted by molar-refractivity contribution is -0.0227. The van der Waals surface area contributed by atoms with Crippen molar-refractivity contribution in [2.75, 3.05) is 11.5 Å². The van der Waals surface area contributed by atoms with Crippen LogP contribution in [0, 0.1) is 0 Å². The van der Waals surface area contributed by atoms with Gasteiger partial charge in [0.05, 0.1) is 12.4 Å². The summed E-state index contributed by atoms with van der Waals surface area (Å²) in [5.41, 5.74) is 11.7. The van der Waals surface area contributed by atoms with Crippen molar-refractivity contribution in [2.45, 2.75) is 24.9 Å². The molecule has 0 spiro atoms. The lowest BCUT2D eigenvalue weighted by Crippen LogP contribution is -2.19. The molecule has 2 unspecified atom stereocenters. The summed E-state index contributed by atoms with van der Waals surface area (Å²) < 4.78 is 48.2. The molecule has 0 bridgehead atoms.